The van der Waals surface area contributed by atoms with Crippen LogP contribution < -0.4 is 24.4 Å². The number of fused-ring (bicyclic) bond motifs is 1. The highest BCUT2D eigenvalue weighted by Crippen LogP contribution is 2.33. The molecule has 2 amide bonds. The van der Waals surface area contributed by atoms with Crippen LogP contribution in [0.5, 0.6) is 23.0 Å². The summed E-state index contributed by atoms with van der Waals surface area (Å²) in [6, 6.07) is 21.4. The number of carbonyl (C=O) groups is 2. The quantitative estimate of drug-likeness (QED) is 0.372. The lowest BCUT2D eigenvalue weighted by Crippen LogP contribution is -2.54. The van der Waals surface area contributed by atoms with E-state index < -0.39 is 11.8 Å². The minimum atomic E-state index is -0.557. The Morgan fingerprint density at radius 2 is 1.62 bits per heavy atom. The van der Waals surface area contributed by atoms with Gasteiger partial charge < -0.3 is 14.2 Å². The molecule has 0 saturated carbocycles. The average molecular weight is 444 g/mol. The fraction of sp³-hybridized carbons (Fsp3) is 0.0417. The molecule has 0 aliphatic carbocycles. The zero-order valence-electron chi connectivity index (χ0n) is 16.6. The van der Waals surface area contributed by atoms with Crippen molar-refractivity contribution in [3.63, 3.8) is 0 Å². The van der Waals surface area contributed by atoms with Crippen molar-refractivity contribution in [1.29, 1.82) is 0 Å². The molecule has 0 atom stereocenters. The summed E-state index contributed by atoms with van der Waals surface area (Å²) >= 11 is 5.26. The first-order valence-electron chi connectivity index (χ1n) is 9.72. The predicted molar refractivity (Wildman–Crippen MR) is 122 cm³/mol. The number of ether oxygens (including phenoxy) is 3. The van der Waals surface area contributed by atoms with Crippen LogP contribution in [0.25, 0.3) is 6.08 Å². The van der Waals surface area contributed by atoms with Crippen molar-refractivity contribution in [2.24, 2.45) is 0 Å². The number of nitrogens with one attached hydrogen (secondary N) is 1. The topological polar surface area (TPSA) is 77.1 Å². The lowest BCUT2D eigenvalue weighted by atomic mass is 10.1. The van der Waals surface area contributed by atoms with E-state index in [-0.39, 0.29) is 17.5 Å². The second-order valence-corrected chi connectivity index (χ2v) is 7.37. The van der Waals surface area contributed by atoms with E-state index in [1.54, 1.807) is 42.5 Å². The number of hydrogen-bond donors (Lipinski definition) is 1. The van der Waals surface area contributed by atoms with E-state index in [1.165, 1.54) is 11.0 Å². The standard InChI is InChI=1S/C24H16N2O5S/c27-22-19(12-15-6-11-20-21(13-15)30-14-29-20)23(28)26(24(32)25-22)16-7-9-18(10-8-16)31-17-4-2-1-3-5-17/h1-13H,14H2,(H,25,27,32)/b19-12-. The molecular weight excluding hydrogens is 428 g/mol. The molecule has 0 unspecified atom stereocenters. The van der Waals surface area contributed by atoms with Crippen molar-refractivity contribution in [2.45, 2.75) is 0 Å². The van der Waals surface area contributed by atoms with Gasteiger partial charge in [-0.15, -0.1) is 0 Å². The maximum absolute atomic E-state index is 13.2. The summed E-state index contributed by atoms with van der Waals surface area (Å²) < 4.78 is 16.4. The molecule has 2 aliphatic heterocycles. The Bertz CT molecular complexity index is 1260. The third-order valence-electron chi connectivity index (χ3n) is 4.88. The molecule has 8 heteroatoms. The molecule has 3 aromatic rings. The molecule has 0 radical (unpaired) electrons. The van der Waals surface area contributed by atoms with Crippen molar-refractivity contribution in [2.75, 3.05) is 11.7 Å². The van der Waals surface area contributed by atoms with Crippen molar-refractivity contribution < 1.29 is 23.8 Å². The third-order valence-corrected chi connectivity index (χ3v) is 5.17. The number of carbonyl (C=O) groups excluding carboxylic acids is 2. The van der Waals surface area contributed by atoms with Crippen LogP contribution in [0.1, 0.15) is 5.56 Å². The van der Waals surface area contributed by atoms with Gasteiger partial charge in [0, 0.05) is 0 Å². The van der Waals surface area contributed by atoms with Gasteiger partial charge >= 0.3 is 0 Å². The van der Waals surface area contributed by atoms with Crippen molar-refractivity contribution in [3.8, 4) is 23.0 Å². The smallest absolute Gasteiger partial charge is 0.270 e. The second-order valence-electron chi connectivity index (χ2n) is 6.98. The van der Waals surface area contributed by atoms with Crippen LogP contribution in [-0.4, -0.2) is 23.7 Å². The Labute approximate surface area is 188 Å². The van der Waals surface area contributed by atoms with E-state index in [0.717, 1.165) is 0 Å². The monoisotopic (exact) mass is 444 g/mol. The van der Waals surface area contributed by atoms with Gasteiger partial charge in [0.25, 0.3) is 11.8 Å². The lowest BCUT2D eigenvalue weighted by Gasteiger charge is -2.29. The highest BCUT2D eigenvalue weighted by molar-refractivity contribution is 7.80. The zero-order chi connectivity index (χ0) is 22.1. The van der Waals surface area contributed by atoms with Crippen molar-refractivity contribution in [1.82, 2.24) is 5.32 Å². The molecule has 0 aromatic heterocycles. The molecule has 1 N–H and O–H groups in total. The van der Waals surface area contributed by atoms with Crippen LogP contribution in [0.3, 0.4) is 0 Å². The molecule has 2 heterocycles. The first-order chi connectivity index (χ1) is 15.6. The van der Waals surface area contributed by atoms with Gasteiger partial charge in [-0.1, -0.05) is 24.3 Å². The van der Waals surface area contributed by atoms with E-state index in [9.17, 15) is 9.59 Å². The fourth-order valence-electron chi connectivity index (χ4n) is 3.35. The number of hydrogen-bond acceptors (Lipinski definition) is 6. The molecule has 0 bridgehead atoms. The first-order valence-corrected chi connectivity index (χ1v) is 10.1. The summed E-state index contributed by atoms with van der Waals surface area (Å²) in [5.41, 5.74) is 1.10. The van der Waals surface area contributed by atoms with Crippen LogP contribution in [0.2, 0.25) is 0 Å². The second kappa shape index (κ2) is 8.16. The van der Waals surface area contributed by atoms with Gasteiger partial charge in [-0.25, -0.2) is 0 Å². The van der Waals surface area contributed by atoms with Crippen molar-refractivity contribution >= 4 is 40.9 Å². The Balaban J connectivity index is 1.41. The maximum atomic E-state index is 13.2. The van der Waals surface area contributed by atoms with Gasteiger partial charge in [-0.05, 0) is 72.4 Å². The van der Waals surface area contributed by atoms with E-state index in [1.807, 2.05) is 30.3 Å². The number of para-hydroxylation sites is 1. The summed E-state index contributed by atoms with van der Waals surface area (Å²) in [6.07, 6.45) is 1.50. The van der Waals surface area contributed by atoms with Gasteiger partial charge in [0.2, 0.25) is 6.79 Å². The van der Waals surface area contributed by atoms with E-state index in [2.05, 4.69) is 5.32 Å². The predicted octanol–water partition coefficient (Wildman–Crippen LogP) is 4.04. The van der Waals surface area contributed by atoms with Crippen LogP contribution in [-0.2, 0) is 9.59 Å². The largest absolute Gasteiger partial charge is 0.457 e. The van der Waals surface area contributed by atoms with Gasteiger partial charge in [0.15, 0.2) is 16.6 Å². The summed E-state index contributed by atoms with van der Waals surface area (Å²) in [7, 11) is 0. The van der Waals surface area contributed by atoms with Gasteiger partial charge in [-0.2, -0.15) is 0 Å². The highest BCUT2D eigenvalue weighted by Gasteiger charge is 2.34. The van der Waals surface area contributed by atoms with Gasteiger partial charge in [0.05, 0.1) is 5.69 Å². The lowest BCUT2D eigenvalue weighted by molar-refractivity contribution is -0.122. The minimum Gasteiger partial charge on any atom is -0.457 e. The zero-order valence-corrected chi connectivity index (χ0v) is 17.4. The Hall–Kier alpha value is -4.17. The summed E-state index contributed by atoms with van der Waals surface area (Å²) in [6.45, 7) is 0.140. The average Bonchev–Trinajstić information content (AvgIpc) is 3.26. The van der Waals surface area contributed by atoms with E-state index >= 15 is 0 Å². The summed E-state index contributed by atoms with van der Waals surface area (Å²) in [5, 5.41) is 2.59. The summed E-state index contributed by atoms with van der Waals surface area (Å²) in [5.74, 6) is 1.41. The number of benzene rings is 3. The molecule has 3 aromatic carbocycles. The van der Waals surface area contributed by atoms with Crippen LogP contribution >= 0.6 is 12.2 Å². The SMILES string of the molecule is O=C1NC(=S)N(c2ccc(Oc3ccccc3)cc2)C(=O)/C1=C\c1ccc2c(c1)OCO2. The molecule has 7 nitrogen and oxygen atoms in total. The molecule has 5 rings (SSSR count). The molecular formula is C24H16N2O5S. The molecule has 0 spiro atoms. The van der Waals surface area contributed by atoms with E-state index in [4.69, 9.17) is 26.4 Å². The molecule has 158 valence electrons. The minimum absolute atomic E-state index is 0.0135. The highest BCUT2D eigenvalue weighted by atomic mass is 32.1. The number of amides is 2. The van der Waals surface area contributed by atoms with Crippen LogP contribution in [0, 0.1) is 0 Å². The molecule has 1 fully saturated rings. The first kappa shape index (κ1) is 19.8. The van der Waals surface area contributed by atoms with E-state index in [0.29, 0.717) is 34.2 Å². The third kappa shape index (κ3) is 3.79. The maximum Gasteiger partial charge on any atom is 0.270 e. The normalized spacial score (nSPS) is 16.3. The van der Waals surface area contributed by atoms with Crippen molar-refractivity contribution in [3.05, 3.63) is 83.9 Å². The van der Waals surface area contributed by atoms with Gasteiger partial charge in [0.1, 0.15) is 17.1 Å². The number of rotatable bonds is 4. The number of nitrogens with zero attached hydrogens (tertiary/aromatic N) is 1. The number of anilines is 1. The molecule has 32 heavy (non-hydrogen) atoms. The van der Waals surface area contributed by atoms with Crippen LogP contribution in [0.15, 0.2) is 78.4 Å². The van der Waals surface area contributed by atoms with Gasteiger partial charge in [-0.3, -0.25) is 19.8 Å². The Kier molecular flexibility index (Phi) is 5.04. The summed E-state index contributed by atoms with van der Waals surface area (Å²) in [4.78, 5) is 27.0. The Morgan fingerprint density at radius 1 is 0.906 bits per heavy atom. The molecule has 1 saturated heterocycles. The fourth-order valence-corrected chi connectivity index (χ4v) is 3.63. The van der Waals surface area contributed by atoms with Crippen LogP contribution in [0.4, 0.5) is 5.69 Å². The number of thiocarbonyl (C=S) groups is 1. The Morgan fingerprint density at radius 3 is 2.41 bits per heavy atom. The molecule has 2 aliphatic rings.